The predicted molar refractivity (Wildman–Crippen MR) is 82.2 cm³/mol. The van der Waals surface area contributed by atoms with Crippen molar-refractivity contribution < 1.29 is 19.4 Å². The monoisotopic (exact) mass is 312 g/mol. The van der Waals surface area contributed by atoms with Crippen LogP contribution >= 0.6 is 12.6 Å². The third kappa shape index (κ3) is 5.65. The standard InChI is InChI=1S/C14H20N2O4S/c1-2-20-14(19)12(8-21)16-13(18)11(15)7-9-3-5-10(17)6-4-9/h3-6,11-12,17,21H,2,7-8,15H2,1H3,(H,16,18)/t11-,12-/m0/s1. The van der Waals surface area contributed by atoms with Crippen LogP contribution in [0.2, 0.25) is 0 Å². The van der Waals surface area contributed by atoms with Gasteiger partial charge in [0.15, 0.2) is 0 Å². The number of thiol groups is 1. The number of benzene rings is 1. The van der Waals surface area contributed by atoms with Crippen molar-refractivity contribution in [1.82, 2.24) is 5.32 Å². The number of carbonyl (C=O) groups is 2. The molecule has 116 valence electrons. The number of phenolic OH excluding ortho intramolecular Hbond substituents is 1. The number of nitrogens with one attached hydrogen (secondary N) is 1. The molecule has 0 aliphatic carbocycles. The minimum absolute atomic E-state index is 0.135. The molecule has 0 saturated heterocycles. The summed E-state index contributed by atoms with van der Waals surface area (Å²) in [6, 6.07) is 4.80. The number of aromatic hydroxyl groups is 1. The van der Waals surface area contributed by atoms with Gasteiger partial charge in [0.1, 0.15) is 11.8 Å². The normalized spacial score (nSPS) is 13.3. The van der Waals surface area contributed by atoms with Crippen LogP contribution in [0.5, 0.6) is 5.75 Å². The number of amides is 1. The van der Waals surface area contributed by atoms with E-state index in [1.165, 1.54) is 12.1 Å². The molecular formula is C14H20N2O4S. The van der Waals surface area contributed by atoms with Gasteiger partial charge >= 0.3 is 5.97 Å². The maximum atomic E-state index is 12.0. The lowest BCUT2D eigenvalue weighted by Gasteiger charge is -2.18. The summed E-state index contributed by atoms with van der Waals surface area (Å²) in [6.45, 7) is 1.92. The zero-order valence-corrected chi connectivity index (χ0v) is 12.7. The maximum absolute atomic E-state index is 12.0. The van der Waals surface area contributed by atoms with Crippen LogP contribution in [0.4, 0.5) is 0 Å². The minimum Gasteiger partial charge on any atom is -0.508 e. The Balaban J connectivity index is 2.57. The number of rotatable bonds is 7. The molecule has 6 nitrogen and oxygen atoms in total. The molecule has 1 aromatic rings. The third-order valence-electron chi connectivity index (χ3n) is 2.80. The van der Waals surface area contributed by atoms with Crippen molar-refractivity contribution in [1.29, 1.82) is 0 Å². The van der Waals surface area contributed by atoms with Crippen LogP contribution in [0.25, 0.3) is 0 Å². The molecule has 0 aromatic heterocycles. The van der Waals surface area contributed by atoms with E-state index in [2.05, 4.69) is 17.9 Å². The van der Waals surface area contributed by atoms with E-state index in [4.69, 9.17) is 10.5 Å². The molecule has 0 aliphatic heterocycles. The van der Waals surface area contributed by atoms with Gasteiger partial charge in [-0.05, 0) is 31.0 Å². The van der Waals surface area contributed by atoms with E-state index in [1.54, 1.807) is 19.1 Å². The van der Waals surface area contributed by atoms with Gasteiger partial charge in [0, 0.05) is 5.75 Å². The fraction of sp³-hybridized carbons (Fsp3) is 0.429. The van der Waals surface area contributed by atoms with Crippen LogP contribution < -0.4 is 11.1 Å². The van der Waals surface area contributed by atoms with E-state index in [0.29, 0.717) is 6.42 Å². The van der Waals surface area contributed by atoms with Gasteiger partial charge in [0.25, 0.3) is 0 Å². The lowest BCUT2D eigenvalue weighted by atomic mass is 10.1. The van der Waals surface area contributed by atoms with E-state index in [9.17, 15) is 14.7 Å². The number of hydrogen-bond acceptors (Lipinski definition) is 6. The highest BCUT2D eigenvalue weighted by Crippen LogP contribution is 2.11. The van der Waals surface area contributed by atoms with Crippen molar-refractivity contribution in [3.8, 4) is 5.75 Å². The highest BCUT2D eigenvalue weighted by molar-refractivity contribution is 7.80. The Labute approximate surface area is 129 Å². The fourth-order valence-electron chi connectivity index (χ4n) is 1.68. The van der Waals surface area contributed by atoms with Gasteiger partial charge < -0.3 is 20.9 Å². The molecule has 0 fully saturated rings. The first-order chi connectivity index (χ1) is 9.97. The average Bonchev–Trinajstić information content (AvgIpc) is 2.46. The number of carbonyl (C=O) groups excluding carboxylic acids is 2. The summed E-state index contributed by atoms with van der Waals surface area (Å²) in [5, 5.41) is 11.7. The molecule has 0 unspecified atom stereocenters. The van der Waals surface area contributed by atoms with Crippen LogP contribution in [0.15, 0.2) is 24.3 Å². The van der Waals surface area contributed by atoms with Crippen LogP contribution in [0.1, 0.15) is 12.5 Å². The molecule has 1 rings (SSSR count). The summed E-state index contributed by atoms with van der Waals surface area (Å²) in [6.07, 6.45) is 0.300. The molecule has 0 saturated carbocycles. The van der Waals surface area contributed by atoms with Gasteiger partial charge in [0.05, 0.1) is 12.6 Å². The zero-order chi connectivity index (χ0) is 15.8. The van der Waals surface area contributed by atoms with Gasteiger partial charge in [-0.1, -0.05) is 12.1 Å². The average molecular weight is 312 g/mol. The van der Waals surface area contributed by atoms with Crippen LogP contribution in [-0.2, 0) is 20.7 Å². The van der Waals surface area contributed by atoms with Gasteiger partial charge in [-0.15, -0.1) is 0 Å². The van der Waals surface area contributed by atoms with E-state index in [0.717, 1.165) is 5.56 Å². The first-order valence-corrected chi connectivity index (χ1v) is 7.22. The highest BCUT2D eigenvalue weighted by Gasteiger charge is 2.23. The second kappa shape index (κ2) is 8.53. The summed E-state index contributed by atoms with van der Waals surface area (Å²) >= 11 is 4.02. The summed E-state index contributed by atoms with van der Waals surface area (Å²) in [7, 11) is 0. The zero-order valence-electron chi connectivity index (χ0n) is 11.8. The van der Waals surface area contributed by atoms with Gasteiger partial charge in [0.2, 0.25) is 5.91 Å². The highest BCUT2D eigenvalue weighted by atomic mass is 32.1. The molecule has 0 radical (unpaired) electrons. The van der Waals surface area contributed by atoms with Crippen LogP contribution in [0, 0.1) is 0 Å². The summed E-state index contributed by atoms with van der Waals surface area (Å²) in [5.74, 6) is -0.696. The lowest BCUT2D eigenvalue weighted by molar-refractivity contribution is -0.146. The van der Waals surface area contributed by atoms with Gasteiger partial charge in [-0.2, -0.15) is 12.6 Å². The molecule has 0 heterocycles. The number of esters is 1. The third-order valence-corrected chi connectivity index (χ3v) is 3.16. The van der Waals surface area contributed by atoms with Crippen molar-refractivity contribution in [3.05, 3.63) is 29.8 Å². The van der Waals surface area contributed by atoms with Crippen molar-refractivity contribution >= 4 is 24.5 Å². The Hall–Kier alpha value is -1.73. The first-order valence-electron chi connectivity index (χ1n) is 6.59. The van der Waals surface area contributed by atoms with Crippen molar-refractivity contribution in [2.45, 2.75) is 25.4 Å². The Morgan fingerprint density at radius 1 is 1.38 bits per heavy atom. The number of nitrogens with two attached hydrogens (primary N) is 1. The molecular weight excluding hydrogens is 292 g/mol. The second-order valence-electron chi connectivity index (χ2n) is 4.47. The molecule has 0 bridgehead atoms. The number of hydrogen-bond donors (Lipinski definition) is 4. The summed E-state index contributed by atoms with van der Waals surface area (Å²) in [4.78, 5) is 23.5. The molecule has 7 heteroatoms. The lowest BCUT2D eigenvalue weighted by Crippen LogP contribution is -2.50. The van der Waals surface area contributed by atoms with E-state index < -0.39 is 24.0 Å². The maximum Gasteiger partial charge on any atom is 0.329 e. The van der Waals surface area contributed by atoms with Crippen molar-refractivity contribution in [2.24, 2.45) is 5.73 Å². The Kier molecular flexibility index (Phi) is 7.04. The number of ether oxygens (including phenoxy) is 1. The Bertz CT molecular complexity index is 478. The molecule has 21 heavy (non-hydrogen) atoms. The molecule has 1 amide bonds. The fourth-order valence-corrected chi connectivity index (χ4v) is 1.92. The molecule has 1 aromatic carbocycles. The van der Waals surface area contributed by atoms with Crippen molar-refractivity contribution in [2.75, 3.05) is 12.4 Å². The predicted octanol–water partition coefficient (Wildman–Crippen LogP) is 0.240. The molecule has 2 atom stereocenters. The SMILES string of the molecule is CCOC(=O)[C@H](CS)NC(=O)[C@@H](N)Cc1ccc(O)cc1. The summed E-state index contributed by atoms with van der Waals surface area (Å²) < 4.78 is 4.84. The van der Waals surface area contributed by atoms with Gasteiger partial charge in [-0.3, -0.25) is 4.79 Å². The first kappa shape index (κ1) is 17.3. The smallest absolute Gasteiger partial charge is 0.329 e. The molecule has 0 spiro atoms. The molecule has 4 N–H and O–H groups in total. The van der Waals surface area contributed by atoms with Crippen LogP contribution in [0.3, 0.4) is 0 Å². The largest absolute Gasteiger partial charge is 0.508 e. The summed E-state index contributed by atoms with van der Waals surface area (Å²) in [5.41, 5.74) is 6.63. The van der Waals surface area contributed by atoms with Crippen LogP contribution in [-0.4, -0.2) is 41.4 Å². The van der Waals surface area contributed by atoms with E-state index in [-0.39, 0.29) is 18.1 Å². The minimum atomic E-state index is -0.813. The topological polar surface area (TPSA) is 102 Å². The van der Waals surface area contributed by atoms with Gasteiger partial charge in [-0.25, -0.2) is 4.79 Å². The van der Waals surface area contributed by atoms with E-state index in [1.807, 2.05) is 0 Å². The second-order valence-corrected chi connectivity index (χ2v) is 4.84. The van der Waals surface area contributed by atoms with E-state index >= 15 is 0 Å². The molecule has 0 aliphatic rings. The van der Waals surface area contributed by atoms with Crippen molar-refractivity contribution in [3.63, 3.8) is 0 Å². The quantitative estimate of drug-likeness (QED) is 0.427. The Morgan fingerprint density at radius 3 is 2.52 bits per heavy atom. The Morgan fingerprint density at radius 2 is 2.00 bits per heavy atom. The number of phenols is 1.